The lowest BCUT2D eigenvalue weighted by atomic mass is 9.76. The first-order valence-electron chi connectivity index (χ1n) is 6.95. The number of fused-ring (bicyclic) bond motifs is 1. The molecule has 1 atom stereocenters. The van der Waals surface area contributed by atoms with Gasteiger partial charge in [0.1, 0.15) is 0 Å². The predicted octanol–water partition coefficient (Wildman–Crippen LogP) is 3.68. The van der Waals surface area contributed by atoms with E-state index in [1.807, 2.05) is 0 Å². The smallest absolute Gasteiger partial charge is 0.0940 e. The third-order valence-electron chi connectivity index (χ3n) is 4.45. The van der Waals surface area contributed by atoms with Crippen molar-refractivity contribution < 1.29 is 5.11 Å². The molecule has 1 nitrogen and oxygen atoms in total. The first-order chi connectivity index (χ1) is 9.08. The van der Waals surface area contributed by atoms with Gasteiger partial charge in [0.05, 0.1) is 5.60 Å². The minimum Gasteiger partial charge on any atom is -0.385 e. The van der Waals surface area contributed by atoms with Crippen molar-refractivity contribution in [3.63, 3.8) is 0 Å². The van der Waals surface area contributed by atoms with Crippen LogP contribution in [-0.2, 0) is 18.4 Å². The number of benzene rings is 2. The van der Waals surface area contributed by atoms with Gasteiger partial charge in [0, 0.05) is 6.42 Å². The third kappa shape index (κ3) is 2.19. The van der Waals surface area contributed by atoms with Gasteiger partial charge in [-0.15, -0.1) is 0 Å². The Morgan fingerprint density at radius 2 is 1.68 bits per heavy atom. The molecular weight excluding hydrogens is 232 g/mol. The van der Waals surface area contributed by atoms with Crippen molar-refractivity contribution in [2.45, 2.75) is 38.7 Å². The van der Waals surface area contributed by atoms with E-state index in [0.717, 1.165) is 24.8 Å². The molecule has 0 fully saturated rings. The fourth-order valence-corrected chi connectivity index (χ4v) is 3.00. The average Bonchev–Trinajstić information content (AvgIpc) is 2.41. The van der Waals surface area contributed by atoms with Gasteiger partial charge in [-0.2, -0.15) is 0 Å². The monoisotopic (exact) mass is 252 g/mol. The summed E-state index contributed by atoms with van der Waals surface area (Å²) in [6, 6.07) is 14.8. The van der Waals surface area contributed by atoms with Crippen LogP contribution in [0.5, 0.6) is 0 Å². The lowest BCUT2D eigenvalue weighted by Crippen LogP contribution is -2.33. The van der Waals surface area contributed by atoms with Crippen LogP contribution in [0.15, 0.2) is 42.5 Å². The maximum absolute atomic E-state index is 11.0. The Morgan fingerprint density at radius 1 is 0.947 bits per heavy atom. The number of aryl methyl sites for hydroxylation is 3. The summed E-state index contributed by atoms with van der Waals surface area (Å²) in [5.74, 6) is 0. The Labute approximate surface area is 114 Å². The van der Waals surface area contributed by atoms with Crippen LogP contribution in [0.4, 0.5) is 0 Å². The molecule has 1 N–H and O–H groups in total. The first-order valence-corrected chi connectivity index (χ1v) is 6.95. The van der Waals surface area contributed by atoms with Gasteiger partial charge in [0.15, 0.2) is 0 Å². The molecule has 1 heteroatoms. The van der Waals surface area contributed by atoms with Gasteiger partial charge in [-0.25, -0.2) is 0 Å². The minimum atomic E-state index is -0.702. The molecule has 19 heavy (non-hydrogen) atoms. The molecule has 2 aromatic carbocycles. The summed E-state index contributed by atoms with van der Waals surface area (Å²) in [6.45, 7) is 4.22. The average molecular weight is 252 g/mol. The molecule has 0 radical (unpaired) electrons. The number of rotatable bonds is 1. The molecule has 98 valence electrons. The SMILES string of the molecule is Cc1ccc(C2(O)CCc3ccccc3C2)cc1C. The van der Waals surface area contributed by atoms with E-state index >= 15 is 0 Å². The highest BCUT2D eigenvalue weighted by molar-refractivity contribution is 5.38. The number of aliphatic hydroxyl groups is 1. The van der Waals surface area contributed by atoms with Crippen molar-refractivity contribution in [3.8, 4) is 0 Å². The third-order valence-corrected chi connectivity index (χ3v) is 4.45. The Hall–Kier alpha value is -1.60. The van der Waals surface area contributed by atoms with Crippen LogP contribution in [0.2, 0.25) is 0 Å². The molecule has 1 unspecified atom stereocenters. The van der Waals surface area contributed by atoms with Crippen LogP contribution in [0.3, 0.4) is 0 Å². The topological polar surface area (TPSA) is 20.2 Å². The van der Waals surface area contributed by atoms with Gasteiger partial charge in [0.2, 0.25) is 0 Å². The van der Waals surface area contributed by atoms with Crippen LogP contribution < -0.4 is 0 Å². The van der Waals surface area contributed by atoms with Crippen molar-refractivity contribution in [1.82, 2.24) is 0 Å². The summed E-state index contributed by atoms with van der Waals surface area (Å²) in [4.78, 5) is 0. The van der Waals surface area contributed by atoms with Crippen LogP contribution in [0, 0.1) is 13.8 Å². The second-order valence-corrected chi connectivity index (χ2v) is 5.78. The van der Waals surface area contributed by atoms with Crippen molar-refractivity contribution in [3.05, 3.63) is 70.3 Å². The quantitative estimate of drug-likeness (QED) is 0.821. The zero-order valence-corrected chi connectivity index (χ0v) is 11.6. The summed E-state index contributed by atoms with van der Waals surface area (Å²) in [5.41, 5.74) is 5.57. The molecular formula is C18H20O. The fourth-order valence-electron chi connectivity index (χ4n) is 3.00. The van der Waals surface area contributed by atoms with Crippen molar-refractivity contribution in [2.24, 2.45) is 0 Å². The van der Waals surface area contributed by atoms with Gasteiger partial charge in [-0.3, -0.25) is 0 Å². The van der Waals surface area contributed by atoms with Crippen LogP contribution in [0.1, 0.15) is 34.2 Å². The molecule has 0 saturated heterocycles. The highest BCUT2D eigenvalue weighted by Crippen LogP contribution is 2.36. The zero-order valence-electron chi connectivity index (χ0n) is 11.6. The summed E-state index contributed by atoms with van der Waals surface area (Å²) < 4.78 is 0. The molecule has 0 aliphatic heterocycles. The summed E-state index contributed by atoms with van der Waals surface area (Å²) in [6.07, 6.45) is 2.50. The minimum absolute atomic E-state index is 0.702. The molecule has 0 heterocycles. The Bertz CT molecular complexity index is 615. The Balaban J connectivity index is 1.99. The molecule has 0 bridgehead atoms. The maximum Gasteiger partial charge on any atom is 0.0940 e. The molecule has 0 spiro atoms. The van der Waals surface area contributed by atoms with Gasteiger partial charge in [0.25, 0.3) is 0 Å². The Morgan fingerprint density at radius 3 is 2.42 bits per heavy atom. The molecule has 0 saturated carbocycles. The Kier molecular flexibility index (Phi) is 2.94. The van der Waals surface area contributed by atoms with Crippen LogP contribution in [-0.4, -0.2) is 5.11 Å². The summed E-state index contributed by atoms with van der Waals surface area (Å²) in [5, 5.41) is 11.0. The maximum atomic E-state index is 11.0. The van der Waals surface area contributed by atoms with Crippen molar-refractivity contribution >= 4 is 0 Å². The standard InChI is InChI=1S/C18H20O/c1-13-7-8-17(11-14(13)2)18(19)10-9-15-5-3-4-6-16(15)12-18/h3-8,11,19H,9-10,12H2,1-2H3. The second kappa shape index (κ2) is 4.50. The number of hydrogen-bond acceptors (Lipinski definition) is 1. The van der Waals surface area contributed by atoms with E-state index in [2.05, 4.69) is 56.3 Å². The highest BCUT2D eigenvalue weighted by atomic mass is 16.3. The van der Waals surface area contributed by atoms with E-state index in [1.54, 1.807) is 0 Å². The normalized spacial score (nSPS) is 22.1. The molecule has 3 rings (SSSR count). The predicted molar refractivity (Wildman–Crippen MR) is 78.3 cm³/mol. The van der Waals surface area contributed by atoms with E-state index in [9.17, 15) is 5.11 Å². The lowest BCUT2D eigenvalue weighted by Gasteiger charge is -2.34. The highest BCUT2D eigenvalue weighted by Gasteiger charge is 2.33. The number of hydrogen-bond donors (Lipinski definition) is 1. The molecule has 0 amide bonds. The van der Waals surface area contributed by atoms with Gasteiger partial charge in [-0.05, 0) is 54.5 Å². The van der Waals surface area contributed by atoms with E-state index < -0.39 is 5.60 Å². The summed E-state index contributed by atoms with van der Waals surface area (Å²) in [7, 11) is 0. The van der Waals surface area contributed by atoms with Crippen LogP contribution >= 0.6 is 0 Å². The molecule has 1 aliphatic carbocycles. The lowest BCUT2D eigenvalue weighted by molar-refractivity contribution is 0.0222. The molecule has 1 aliphatic rings. The van der Waals surface area contributed by atoms with E-state index in [1.165, 1.54) is 22.3 Å². The zero-order chi connectivity index (χ0) is 13.5. The molecule has 0 aromatic heterocycles. The summed E-state index contributed by atoms with van der Waals surface area (Å²) >= 11 is 0. The van der Waals surface area contributed by atoms with E-state index in [0.29, 0.717) is 0 Å². The van der Waals surface area contributed by atoms with Crippen molar-refractivity contribution in [1.29, 1.82) is 0 Å². The van der Waals surface area contributed by atoms with Gasteiger partial charge >= 0.3 is 0 Å². The largest absolute Gasteiger partial charge is 0.385 e. The molecule has 2 aromatic rings. The van der Waals surface area contributed by atoms with Gasteiger partial charge < -0.3 is 5.11 Å². The van der Waals surface area contributed by atoms with Gasteiger partial charge in [-0.1, -0.05) is 42.5 Å². The first kappa shape index (κ1) is 12.4. The van der Waals surface area contributed by atoms with Crippen molar-refractivity contribution in [2.75, 3.05) is 0 Å². The van der Waals surface area contributed by atoms with E-state index in [4.69, 9.17) is 0 Å². The van der Waals surface area contributed by atoms with Crippen LogP contribution in [0.25, 0.3) is 0 Å². The second-order valence-electron chi connectivity index (χ2n) is 5.78. The van der Waals surface area contributed by atoms with E-state index in [-0.39, 0.29) is 0 Å². The fraction of sp³-hybridized carbons (Fsp3) is 0.333.